The standard InChI is InChI=1S/C16H10ClF3N4OS/c17-12-3-1-2-4-13(12)24-15(26)11(6-21)14(25)23-10-5-9(7-22-8-10)16(18,19)20/h1-5,7-8,11H,(H,23,25)(H,24,26). The van der Waals surface area contributed by atoms with Gasteiger partial charge in [0.2, 0.25) is 5.91 Å². The number of nitrogens with one attached hydrogen (secondary N) is 2. The normalized spacial score (nSPS) is 12.0. The predicted molar refractivity (Wildman–Crippen MR) is 94.6 cm³/mol. The zero-order chi connectivity index (χ0) is 19.3. The van der Waals surface area contributed by atoms with E-state index < -0.39 is 23.6 Å². The van der Waals surface area contributed by atoms with E-state index in [0.717, 1.165) is 6.20 Å². The highest BCUT2D eigenvalue weighted by atomic mass is 35.5. The highest BCUT2D eigenvalue weighted by Gasteiger charge is 2.31. The Morgan fingerprint density at radius 2 is 1.96 bits per heavy atom. The van der Waals surface area contributed by atoms with Gasteiger partial charge in [-0.15, -0.1) is 0 Å². The fourth-order valence-corrected chi connectivity index (χ4v) is 2.33. The molecule has 1 amide bonds. The number of rotatable bonds is 4. The zero-order valence-corrected chi connectivity index (χ0v) is 14.4. The second kappa shape index (κ2) is 8.12. The van der Waals surface area contributed by atoms with Gasteiger partial charge in [0.05, 0.1) is 34.2 Å². The molecule has 2 aromatic rings. The summed E-state index contributed by atoms with van der Waals surface area (Å²) in [5.41, 5.74) is -0.834. The van der Waals surface area contributed by atoms with E-state index in [2.05, 4.69) is 15.6 Å². The van der Waals surface area contributed by atoms with Gasteiger partial charge >= 0.3 is 6.18 Å². The average molecular weight is 399 g/mol. The van der Waals surface area contributed by atoms with Crippen LogP contribution in [-0.4, -0.2) is 15.9 Å². The van der Waals surface area contributed by atoms with Crippen LogP contribution in [0.15, 0.2) is 42.7 Å². The van der Waals surface area contributed by atoms with Crippen LogP contribution in [0.1, 0.15) is 5.56 Å². The van der Waals surface area contributed by atoms with Gasteiger partial charge in [-0.3, -0.25) is 9.78 Å². The van der Waals surface area contributed by atoms with Crippen LogP contribution in [0.2, 0.25) is 5.02 Å². The van der Waals surface area contributed by atoms with E-state index in [1.165, 1.54) is 0 Å². The second-order valence-electron chi connectivity index (χ2n) is 4.98. The topological polar surface area (TPSA) is 77.8 Å². The average Bonchev–Trinajstić information content (AvgIpc) is 2.57. The lowest BCUT2D eigenvalue weighted by molar-refractivity contribution is -0.137. The lowest BCUT2D eigenvalue weighted by Gasteiger charge is -2.15. The highest BCUT2D eigenvalue weighted by molar-refractivity contribution is 7.80. The Hall–Kier alpha value is -2.70. The van der Waals surface area contributed by atoms with Crippen LogP contribution in [0.5, 0.6) is 0 Å². The molecule has 134 valence electrons. The Balaban J connectivity index is 2.13. The van der Waals surface area contributed by atoms with Crippen molar-refractivity contribution in [1.29, 1.82) is 5.26 Å². The molecule has 0 fully saturated rings. The third kappa shape index (κ3) is 4.91. The van der Waals surface area contributed by atoms with Crippen LogP contribution in [0.3, 0.4) is 0 Å². The molecule has 0 saturated heterocycles. The van der Waals surface area contributed by atoms with Gasteiger partial charge in [-0.2, -0.15) is 18.4 Å². The lowest BCUT2D eigenvalue weighted by atomic mass is 10.1. The van der Waals surface area contributed by atoms with E-state index in [1.807, 2.05) is 0 Å². The molecule has 0 bridgehead atoms. The number of alkyl halides is 3. The summed E-state index contributed by atoms with van der Waals surface area (Å²) in [6, 6.07) is 8.96. The van der Waals surface area contributed by atoms with Crippen molar-refractivity contribution >= 4 is 46.1 Å². The van der Waals surface area contributed by atoms with Gasteiger partial charge in [0, 0.05) is 6.20 Å². The summed E-state index contributed by atoms with van der Waals surface area (Å²) in [7, 11) is 0. The van der Waals surface area contributed by atoms with E-state index >= 15 is 0 Å². The van der Waals surface area contributed by atoms with E-state index in [4.69, 9.17) is 23.8 Å². The quantitative estimate of drug-likeness (QED) is 0.752. The molecule has 2 N–H and O–H groups in total. The molecule has 26 heavy (non-hydrogen) atoms. The largest absolute Gasteiger partial charge is 0.417 e. The van der Waals surface area contributed by atoms with Crippen molar-refractivity contribution < 1.29 is 18.0 Å². The first kappa shape index (κ1) is 19.6. The number of nitrogens with zero attached hydrogens (tertiary/aromatic N) is 2. The first-order chi connectivity index (χ1) is 12.2. The maximum atomic E-state index is 12.7. The number of halogens is 4. The van der Waals surface area contributed by atoms with Crippen LogP contribution >= 0.6 is 23.8 Å². The van der Waals surface area contributed by atoms with Crippen molar-refractivity contribution in [2.45, 2.75) is 6.18 Å². The Bertz CT molecular complexity index is 882. The molecule has 0 saturated carbocycles. The number of anilines is 2. The molecular formula is C16H10ClF3N4OS. The number of para-hydroxylation sites is 1. The highest BCUT2D eigenvalue weighted by Crippen LogP contribution is 2.30. The van der Waals surface area contributed by atoms with Gasteiger partial charge < -0.3 is 10.6 Å². The molecule has 10 heteroatoms. The molecule has 1 aromatic heterocycles. The first-order valence-electron chi connectivity index (χ1n) is 7.00. The minimum atomic E-state index is -4.61. The van der Waals surface area contributed by atoms with Crippen LogP contribution < -0.4 is 10.6 Å². The summed E-state index contributed by atoms with van der Waals surface area (Å²) < 4.78 is 38.1. The third-order valence-corrected chi connectivity index (χ3v) is 3.79. The number of pyridine rings is 1. The monoisotopic (exact) mass is 398 g/mol. The summed E-state index contributed by atoms with van der Waals surface area (Å²) in [5.74, 6) is -2.33. The number of carbonyl (C=O) groups is 1. The Morgan fingerprint density at radius 1 is 1.27 bits per heavy atom. The van der Waals surface area contributed by atoms with Gasteiger partial charge in [-0.25, -0.2) is 0 Å². The van der Waals surface area contributed by atoms with Crippen molar-refractivity contribution in [3.63, 3.8) is 0 Å². The number of carbonyl (C=O) groups excluding carboxylic acids is 1. The minimum absolute atomic E-state index is 0.141. The molecule has 0 aliphatic carbocycles. The summed E-state index contributed by atoms with van der Waals surface area (Å²) in [6.45, 7) is 0. The fourth-order valence-electron chi connectivity index (χ4n) is 1.88. The molecule has 1 atom stereocenters. The fraction of sp³-hybridized carbons (Fsp3) is 0.125. The van der Waals surface area contributed by atoms with Gasteiger partial charge in [-0.1, -0.05) is 36.0 Å². The number of amides is 1. The summed E-state index contributed by atoms with van der Waals surface area (Å²) >= 11 is 11.0. The summed E-state index contributed by atoms with van der Waals surface area (Å²) in [5, 5.41) is 14.4. The molecule has 1 aromatic carbocycles. The maximum absolute atomic E-state index is 12.7. The van der Waals surface area contributed by atoms with Crippen molar-refractivity contribution in [1.82, 2.24) is 4.98 Å². The van der Waals surface area contributed by atoms with E-state index in [9.17, 15) is 23.2 Å². The molecule has 5 nitrogen and oxygen atoms in total. The van der Waals surface area contributed by atoms with Crippen molar-refractivity contribution in [3.8, 4) is 6.07 Å². The maximum Gasteiger partial charge on any atom is 0.417 e. The van der Waals surface area contributed by atoms with Crippen LogP contribution in [0.4, 0.5) is 24.5 Å². The van der Waals surface area contributed by atoms with Crippen LogP contribution in [0.25, 0.3) is 0 Å². The minimum Gasteiger partial charge on any atom is -0.347 e. The number of hydrogen-bond acceptors (Lipinski definition) is 4. The smallest absolute Gasteiger partial charge is 0.347 e. The Labute approximate surface area is 156 Å². The van der Waals surface area contributed by atoms with Crippen molar-refractivity contribution in [2.75, 3.05) is 10.6 Å². The third-order valence-electron chi connectivity index (χ3n) is 3.12. The van der Waals surface area contributed by atoms with E-state index in [1.54, 1.807) is 30.3 Å². The second-order valence-corrected chi connectivity index (χ2v) is 5.83. The predicted octanol–water partition coefficient (Wildman–Crippen LogP) is 4.27. The molecule has 2 rings (SSSR count). The van der Waals surface area contributed by atoms with Crippen LogP contribution in [-0.2, 0) is 11.0 Å². The first-order valence-corrected chi connectivity index (χ1v) is 7.79. The number of aromatic nitrogens is 1. The summed E-state index contributed by atoms with van der Waals surface area (Å²) in [6.07, 6.45) is -2.95. The Morgan fingerprint density at radius 3 is 2.58 bits per heavy atom. The van der Waals surface area contributed by atoms with Gasteiger partial charge in [-0.05, 0) is 18.2 Å². The van der Waals surface area contributed by atoms with Crippen molar-refractivity contribution in [2.24, 2.45) is 5.92 Å². The molecule has 0 aliphatic rings. The molecular weight excluding hydrogens is 389 g/mol. The Kier molecular flexibility index (Phi) is 6.13. The molecule has 0 radical (unpaired) electrons. The lowest BCUT2D eigenvalue weighted by Crippen LogP contribution is -2.31. The van der Waals surface area contributed by atoms with Gasteiger partial charge in [0.1, 0.15) is 4.99 Å². The van der Waals surface area contributed by atoms with Gasteiger partial charge in [0.25, 0.3) is 0 Å². The van der Waals surface area contributed by atoms with Crippen molar-refractivity contribution in [3.05, 3.63) is 53.3 Å². The van der Waals surface area contributed by atoms with E-state index in [0.29, 0.717) is 23.0 Å². The molecule has 1 heterocycles. The van der Waals surface area contributed by atoms with Crippen LogP contribution in [0, 0.1) is 17.2 Å². The molecule has 0 spiro atoms. The van der Waals surface area contributed by atoms with Gasteiger partial charge in [0.15, 0.2) is 5.92 Å². The molecule has 1 unspecified atom stereocenters. The zero-order valence-electron chi connectivity index (χ0n) is 12.8. The SMILES string of the molecule is N#CC(C(=O)Nc1cncc(C(F)(F)F)c1)C(=S)Nc1ccccc1Cl. The number of nitriles is 1. The number of hydrogen-bond donors (Lipinski definition) is 2. The molecule has 0 aliphatic heterocycles. The summed E-state index contributed by atoms with van der Waals surface area (Å²) in [4.78, 5) is 15.5. The number of thiocarbonyl (C=S) groups is 1. The van der Waals surface area contributed by atoms with E-state index in [-0.39, 0.29) is 10.7 Å². The number of benzene rings is 1.